The molecule has 7 heteroatoms. The molecule has 22 heavy (non-hydrogen) atoms. The molecule has 2 unspecified atom stereocenters. The van der Waals surface area contributed by atoms with Crippen LogP contribution in [0.25, 0.3) is 0 Å². The number of imidazole rings is 1. The van der Waals surface area contributed by atoms with Crippen LogP contribution in [0.3, 0.4) is 0 Å². The van der Waals surface area contributed by atoms with Gasteiger partial charge in [-0.15, -0.1) is 0 Å². The molecule has 1 aromatic carbocycles. The summed E-state index contributed by atoms with van der Waals surface area (Å²) in [6.07, 6.45) is 5.37. The number of nitrogens with zero attached hydrogens (tertiary/aromatic N) is 2. The minimum Gasteiger partial charge on any atom is -0.457 e. The Morgan fingerprint density at radius 2 is 2.09 bits per heavy atom. The summed E-state index contributed by atoms with van der Waals surface area (Å²) in [5.41, 5.74) is 0.326. The lowest BCUT2D eigenvalue weighted by Gasteiger charge is -2.24. The average Bonchev–Trinajstić information content (AvgIpc) is 3.05. The number of ether oxygens (including phenoxy) is 2. The van der Waals surface area contributed by atoms with Crippen LogP contribution in [0.2, 0.25) is 5.02 Å². The standard InChI is InChI=1S/C15H16Cl2N2O2S/c1-2-9-20-15(22)21-13(11-3-5-12(16)6-4-11)14(17)19-8-7-18-10-19/h3-8,10,13-14H,2,9H2,1H3. The lowest BCUT2D eigenvalue weighted by atomic mass is 10.1. The monoisotopic (exact) mass is 358 g/mol. The van der Waals surface area contributed by atoms with Gasteiger partial charge in [0.2, 0.25) is 0 Å². The van der Waals surface area contributed by atoms with Crippen molar-refractivity contribution in [3.05, 3.63) is 53.6 Å². The van der Waals surface area contributed by atoms with Crippen molar-refractivity contribution in [3.8, 4) is 0 Å². The first-order chi connectivity index (χ1) is 10.6. The van der Waals surface area contributed by atoms with E-state index in [1.165, 1.54) is 0 Å². The lowest BCUT2D eigenvalue weighted by molar-refractivity contribution is 0.101. The average molecular weight is 359 g/mol. The van der Waals surface area contributed by atoms with Crippen molar-refractivity contribution >= 4 is 40.7 Å². The maximum Gasteiger partial charge on any atom is 0.352 e. The Morgan fingerprint density at radius 1 is 1.36 bits per heavy atom. The van der Waals surface area contributed by atoms with Crippen LogP contribution in [0.1, 0.15) is 30.5 Å². The van der Waals surface area contributed by atoms with Crippen molar-refractivity contribution in [3.63, 3.8) is 0 Å². The third-order valence-electron chi connectivity index (χ3n) is 2.91. The molecule has 0 amide bonds. The van der Waals surface area contributed by atoms with Crippen LogP contribution < -0.4 is 0 Å². The molecule has 0 fully saturated rings. The molecule has 0 aliphatic carbocycles. The molecular weight excluding hydrogens is 343 g/mol. The molecule has 0 aliphatic heterocycles. The highest BCUT2D eigenvalue weighted by molar-refractivity contribution is 7.79. The van der Waals surface area contributed by atoms with Crippen LogP contribution >= 0.6 is 35.4 Å². The van der Waals surface area contributed by atoms with Crippen LogP contribution in [0.5, 0.6) is 0 Å². The molecule has 0 N–H and O–H groups in total. The molecule has 118 valence electrons. The first kappa shape index (κ1) is 17.1. The van der Waals surface area contributed by atoms with Crippen molar-refractivity contribution in [2.45, 2.75) is 24.9 Å². The highest BCUT2D eigenvalue weighted by Crippen LogP contribution is 2.34. The number of alkyl halides is 1. The van der Waals surface area contributed by atoms with Gasteiger partial charge in [-0.1, -0.05) is 42.3 Å². The third kappa shape index (κ3) is 4.60. The summed E-state index contributed by atoms with van der Waals surface area (Å²) in [7, 11) is 0. The molecule has 0 saturated heterocycles. The van der Waals surface area contributed by atoms with Crippen molar-refractivity contribution in [1.29, 1.82) is 0 Å². The van der Waals surface area contributed by atoms with Gasteiger partial charge >= 0.3 is 5.24 Å². The number of thiocarbonyl (C=S) groups is 1. The number of aromatic nitrogens is 2. The largest absolute Gasteiger partial charge is 0.457 e. The molecule has 0 bridgehead atoms. The number of benzene rings is 1. The number of rotatable bonds is 6. The predicted octanol–water partition coefficient (Wildman–Crippen LogP) is 4.74. The van der Waals surface area contributed by atoms with E-state index in [2.05, 4.69) is 4.98 Å². The predicted molar refractivity (Wildman–Crippen MR) is 91.2 cm³/mol. The Balaban J connectivity index is 2.20. The summed E-state index contributed by atoms with van der Waals surface area (Å²) >= 11 is 17.6. The van der Waals surface area contributed by atoms with Crippen molar-refractivity contribution in [2.75, 3.05) is 6.61 Å². The van der Waals surface area contributed by atoms with Gasteiger partial charge in [-0.2, -0.15) is 0 Å². The van der Waals surface area contributed by atoms with Gasteiger partial charge in [0.1, 0.15) is 0 Å². The van der Waals surface area contributed by atoms with E-state index in [1.807, 2.05) is 19.1 Å². The van der Waals surface area contributed by atoms with Crippen LogP contribution in [0, 0.1) is 0 Å². The lowest BCUT2D eigenvalue weighted by Crippen LogP contribution is -2.19. The Morgan fingerprint density at radius 3 is 2.68 bits per heavy atom. The fourth-order valence-corrected chi connectivity index (χ4v) is 2.46. The number of hydrogen-bond acceptors (Lipinski definition) is 4. The Bertz CT molecular complexity index is 590. The van der Waals surface area contributed by atoms with Gasteiger partial charge in [-0.25, -0.2) is 4.98 Å². The van der Waals surface area contributed by atoms with Crippen LogP contribution in [-0.2, 0) is 9.47 Å². The minimum absolute atomic E-state index is 0.0764. The molecule has 0 spiro atoms. The molecule has 2 aromatic rings. The normalized spacial score (nSPS) is 13.4. The van der Waals surface area contributed by atoms with Gasteiger partial charge < -0.3 is 14.0 Å². The molecular formula is C15H16Cl2N2O2S. The van der Waals surface area contributed by atoms with E-state index in [0.717, 1.165) is 12.0 Å². The van der Waals surface area contributed by atoms with E-state index in [0.29, 0.717) is 11.6 Å². The van der Waals surface area contributed by atoms with E-state index in [1.54, 1.807) is 35.4 Å². The summed E-state index contributed by atoms with van der Waals surface area (Å²) in [4.78, 5) is 4.00. The van der Waals surface area contributed by atoms with Gasteiger partial charge in [0.25, 0.3) is 0 Å². The quantitative estimate of drug-likeness (QED) is 0.551. The fraction of sp³-hybridized carbons (Fsp3) is 0.333. The molecule has 2 atom stereocenters. The van der Waals surface area contributed by atoms with Gasteiger partial charge in [-0.3, -0.25) is 0 Å². The smallest absolute Gasteiger partial charge is 0.352 e. The van der Waals surface area contributed by atoms with Crippen LogP contribution in [-0.4, -0.2) is 21.4 Å². The summed E-state index contributed by atoms with van der Waals surface area (Å²) < 4.78 is 12.8. The zero-order valence-electron chi connectivity index (χ0n) is 12.0. The highest BCUT2D eigenvalue weighted by atomic mass is 35.5. The van der Waals surface area contributed by atoms with Gasteiger partial charge in [-0.05, 0) is 24.1 Å². The SMILES string of the molecule is CCCOC(=S)OC(c1ccc(Cl)cc1)C(Cl)n1ccnc1. The topological polar surface area (TPSA) is 36.3 Å². The van der Waals surface area contributed by atoms with E-state index in [4.69, 9.17) is 44.9 Å². The summed E-state index contributed by atoms with van der Waals surface area (Å²) in [6, 6.07) is 7.25. The van der Waals surface area contributed by atoms with Crippen LogP contribution in [0.4, 0.5) is 0 Å². The molecule has 0 saturated carbocycles. The van der Waals surface area contributed by atoms with Gasteiger partial charge in [0, 0.05) is 29.6 Å². The zero-order chi connectivity index (χ0) is 15.9. The summed E-state index contributed by atoms with van der Waals surface area (Å²) in [5, 5.41) is 0.716. The van der Waals surface area contributed by atoms with E-state index in [9.17, 15) is 0 Å². The Hall–Kier alpha value is -1.30. The second-order valence-electron chi connectivity index (χ2n) is 4.57. The molecule has 2 rings (SSSR count). The molecule has 0 aliphatic rings. The molecule has 1 heterocycles. The Kier molecular flexibility index (Phi) is 6.49. The second-order valence-corrected chi connectivity index (χ2v) is 5.79. The van der Waals surface area contributed by atoms with Crippen molar-refractivity contribution in [1.82, 2.24) is 9.55 Å². The van der Waals surface area contributed by atoms with Crippen molar-refractivity contribution < 1.29 is 9.47 Å². The molecule has 1 aromatic heterocycles. The first-order valence-electron chi connectivity index (χ1n) is 6.82. The summed E-state index contributed by atoms with van der Waals surface area (Å²) in [6.45, 7) is 2.50. The highest BCUT2D eigenvalue weighted by Gasteiger charge is 2.26. The molecule has 4 nitrogen and oxygen atoms in total. The van der Waals surface area contributed by atoms with E-state index in [-0.39, 0.29) is 5.24 Å². The van der Waals surface area contributed by atoms with Gasteiger partial charge in [0.05, 0.1) is 12.9 Å². The molecule has 0 radical (unpaired) electrons. The zero-order valence-corrected chi connectivity index (χ0v) is 14.3. The number of hydrogen-bond donors (Lipinski definition) is 0. The minimum atomic E-state index is -0.521. The van der Waals surface area contributed by atoms with E-state index >= 15 is 0 Å². The fourth-order valence-electron chi connectivity index (χ4n) is 1.83. The maximum absolute atomic E-state index is 6.52. The number of halogens is 2. The third-order valence-corrected chi connectivity index (χ3v) is 3.83. The van der Waals surface area contributed by atoms with Crippen molar-refractivity contribution in [2.24, 2.45) is 0 Å². The Labute approximate surface area is 145 Å². The van der Waals surface area contributed by atoms with Crippen LogP contribution in [0.15, 0.2) is 43.0 Å². The van der Waals surface area contributed by atoms with Gasteiger partial charge in [0.15, 0.2) is 11.6 Å². The first-order valence-corrected chi connectivity index (χ1v) is 8.04. The second kappa shape index (κ2) is 8.36. The maximum atomic E-state index is 6.52. The van der Waals surface area contributed by atoms with E-state index < -0.39 is 11.6 Å². The summed E-state index contributed by atoms with van der Waals surface area (Å²) in [5.74, 6) is 0.